The Kier molecular flexibility index (Phi) is 3.82. The molecule has 2 aromatic heterocycles. The average Bonchev–Trinajstić information content (AvgIpc) is 3.09. The molecule has 1 fully saturated rings. The molecule has 6 heteroatoms. The number of amides is 1. The van der Waals surface area contributed by atoms with E-state index in [1.165, 1.54) is 0 Å². The zero-order chi connectivity index (χ0) is 15.9. The summed E-state index contributed by atoms with van der Waals surface area (Å²) in [6, 6.07) is 2.03. The van der Waals surface area contributed by atoms with E-state index in [4.69, 9.17) is 5.73 Å². The van der Waals surface area contributed by atoms with Crippen molar-refractivity contribution in [2.45, 2.75) is 33.2 Å². The van der Waals surface area contributed by atoms with Crippen molar-refractivity contribution in [1.29, 1.82) is 0 Å². The number of nitrogens with one attached hydrogen (secondary N) is 1. The Morgan fingerprint density at radius 1 is 1.55 bits per heavy atom. The van der Waals surface area contributed by atoms with Gasteiger partial charge in [-0.3, -0.25) is 4.79 Å². The summed E-state index contributed by atoms with van der Waals surface area (Å²) in [4.78, 5) is 22.1. The highest BCUT2D eigenvalue weighted by Gasteiger charge is 2.35. The first-order valence-electron chi connectivity index (χ1n) is 7.52. The van der Waals surface area contributed by atoms with E-state index in [0.717, 1.165) is 22.7 Å². The summed E-state index contributed by atoms with van der Waals surface area (Å²) in [5, 5.41) is 3.03. The monoisotopic (exact) mass is 318 g/mol. The van der Waals surface area contributed by atoms with Crippen LogP contribution in [0.4, 0.5) is 0 Å². The number of hydrogen-bond acceptors (Lipinski definition) is 4. The fourth-order valence-electron chi connectivity index (χ4n) is 2.88. The Labute approximate surface area is 134 Å². The third kappa shape index (κ3) is 2.80. The number of carbonyl (C=O) groups excluding carboxylic acids is 1. The van der Waals surface area contributed by atoms with E-state index in [0.29, 0.717) is 18.8 Å². The van der Waals surface area contributed by atoms with Gasteiger partial charge >= 0.3 is 0 Å². The van der Waals surface area contributed by atoms with E-state index in [1.54, 1.807) is 11.3 Å². The van der Waals surface area contributed by atoms with Gasteiger partial charge in [0.1, 0.15) is 5.69 Å². The molecule has 0 radical (unpaired) electrons. The van der Waals surface area contributed by atoms with Crippen LogP contribution in [-0.2, 0) is 0 Å². The Bertz CT molecular complexity index is 688. The molecule has 1 unspecified atom stereocenters. The van der Waals surface area contributed by atoms with Crippen LogP contribution in [0, 0.1) is 12.3 Å². The third-order valence-corrected chi connectivity index (χ3v) is 5.20. The summed E-state index contributed by atoms with van der Waals surface area (Å²) in [5.41, 5.74) is 8.59. The maximum absolute atomic E-state index is 12.7. The van der Waals surface area contributed by atoms with Crippen LogP contribution in [0.2, 0.25) is 0 Å². The molecular weight excluding hydrogens is 296 g/mol. The number of aryl methyl sites for hydroxylation is 1. The minimum absolute atomic E-state index is 0.0400. The lowest BCUT2D eigenvalue weighted by Gasteiger charge is -2.42. The highest BCUT2D eigenvalue weighted by atomic mass is 32.1. The molecule has 1 aliphatic rings. The van der Waals surface area contributed by atoms with Gasteiger partial charge in [-0.05, 0) is 24.8 Å². The van der Waals surface area contributed by atoms with Crippen LogP contribution in [0.5, 0.6) is 0 Å². The van der Waals surface area contributed by atoms with Crippen molar-refractivity contribution in [2.75, 3.05) is 13.1 Å². The fourth-order valence-corrected chi connectivity index (χ4v) is 3.50. The Balaban J connectivity index is 1.77. The van der Waals surface area contributed by atoms with Gasteiger partial charge in [-0.25, -0.2) is 4.98 Å². The van der Waals surface area contributed by atoms with Crippen LogP contribution in [0.1, 0.15) is 35.8 Å². The van der Waals surface area contributed by atoms with Gasteiger partial charge < -0.3 is 15.6 Å². The first-order valence-corrected chi connectivity index (χ1v) is 8.40. The molecule has 1 atom stereocenters. The Morgan fingerprint density at radius 2 is 2.32 bits per heavy atom. The van der Waals surface area contributed by atoms with Gasteiger partial charge in [0.05, 0.1) is 10.7 Å². The van der Waals surface area contributed by atoms with Gasteiger partial charge in [-0.2, -0.15) is 0 Å². The molecule has 22 heavy (non-hydrogen) atoms. The molecule has 3 rings (SSSR count). The van der Waals surface area contributed by atoms with Crippen molar-refractivity contribution in [3.8, 4) is 11.3 Å². The molecule has 2 aromatic rings. The Hall–Kier alpha value is -1.66. The summed E-state index contributed by atoms with van der Waals surface area (Å²) in [6.45, 7) is 7.63. The number of thiazole rings is 1. The second kappa shape index (κ2) is 5.52. The number of H-pyrrole nitrogens is 1. The quantitative estimate of drug-likeness (QED) is 0.894. The van der Waals surface area contributed by atoms with Crippen LogP contribution in [0.3, 0.4) is 0 Å². The Morgan fingerprint density at radius 3 is 2.95 bits per heavy atom. The van der Waals surface area contributed by atoms with Crippen LogP contribution in [-0.4, -0.2) is 39.9 Å². The zero-order valence-electron chi connectivity index (χ0n) is 13.2. The first kappa shape index (κ1) is 15.2. The molecule has 0 aromatic carbocycles. The van der Waals surface area contributed by atoms with Gasteiger partial charge in [0, 0.05) is 36.3 Å². The summed E-state index contributed by atoms with van der Waals surface area (Å²) >= 11 is 1.61. The van der Waals surface area contributed by atoms with Crippen molar-refractivity contribution >= 4 is 17.2 Å². The van der Waals surface area contributed by atoms with Gasteiger partial charge in [-0.15, -0.1) is 11.3 Å². The van der Waals surface area contributed by atoms with Crippen LogP contribution < -0.4 is 5.73 Å². The minimum atomic E-state index is -0.0463. The van der Waals surface area contributed by atoms with E-state index >= 15 is 0 Å². The van der Waals surface area contributed by atoms with E-state index < -0.39 is 0 Å². The number of piperidine rings is 1. The molecule has 0 spiro atoms. The highest BCUT2D eigenvalue weighted by molar-refractivity contribution is 7.09. The molecule has 3 heterocycles. The molecule has 3 N–H and O–H groups in total. The lowest BCUT2D eigenvalue weighted by molar-refractivity contribution is 0.0528. The van der Waals surface area contributed by atoms with Gasteiger partial charge in [0.2, 0.25) is 0 Å². The zero-order valence-corrected chi connectivity index (χ0v) is 14.0. The predicted octanol–water partition coefficient (Wildman–Crippen LogP) is 2.65. The van der Waals surface area contributed by atoms with Crippen molar-refractivity contribution < 1.29 is 4.79 Å². The number of aromatic nitrogens is 2. The number of aromatic amines is 1. The SMILES string of the molecule is Cc1nc(-c2c[nH]c(C(=O)N3CCC(N)C(C)(C)C3)c2)cs1. The van der Waals surface area contributed by atoms with Gasteiger partial charge in [0.15, 0.2) is 0 Å². The van der Waals surface area contributed by atoms with Crippen molar-refractivity contribution in [2.24, 2.45) is 11.1 Å². The van der Waals surface area contributed by atoms with E-state index in [-0.39, 0.29) is 17.4 Å². The lowest BCUT2D eigenvalue weighted by Crippen LogP contribution is -2.54. The molecular formula is C16H22N4OS. The topological polar surface area (TPSA) is 75.0 Å². The van der Waals surface area contributed by atoms with Crippen molar-refractivity contribution in [3.63, 3.8) is 0 Å². The number of carbonyl (C=O) groups is 1. The first-order chi connectivity index (χ1) is 10.4. The summed E-state index contributed by atoms with van der Waals surface area (Å²) in [5.74, 6) is 0.0400. The molecule has 1 aliphatic heterocycles. The van der Waals surface area contributed by atoms with Crippen LogP contribution in [0.25, 0.3) is 11.3 Å². The van der Waals surface area contributed by atoms with Gasteiger partial charge in [-0.1, -0.05) is 13.8 Å². The normalized spacial score (nSPS) is 21.1. The highest BCUT2D eigenvalue weighted by Crippen LogP contribution is 2.29. The molecule has 1 saturated heterocycles. The maximum Gasteiger partial charge on any atom is 0.270 e. The largest absolute Gasteiger partial charge is 0.357 e. The molecule has 0 bridgehead atoms. The summed E-state index contributed by atoms with van der Waals surface area (Å²) in [6.07, 6.45) is 2.69. The fraction of sp³-hybridized carbons (Fsp3) is 0.500. The molecule has 5 nitrogen and oxygen atoms in total. The molecule has 0 saturated carbocycles. The number of nitrogens with zero attached hydrogens (tertiary/aromatic N) is 2. The van der Waals surface area contributed by atoms with Crippen molar-refractivity contribution in [3.05, 3.63) is 28.3 Å². The lowest BCUT2D eigenvalue weighted by atomic mass is 9.79. The summed E-state index contributed by atoms with van der Waals surface area (Å²) < 4.78 is 0. The second-order valence-electron chi connectivity index (χ2n) is 6.66. The second-order valence-corrected chi connectivity index (χ2v) is 7.73. The van der Waals surface area contributed by atoms with Crippen LogP contribution in [0.15, 0.2) is 17.6 Å². The van der Waals surface area contributed by atoms with Gasteiger partial charge in [0.25, 0.3) is 5.91 Å². The molecule has 0 aliphatic carbocycles. The molecule has 118 valence electrons. The smallest absolute Gasteiger partial charge is 0.270 e. The van der Waals surface area contributed by atoms with E-state index in [2.05, 4.69) is 23.8 Å². The summed E-state index contributed by atoms with van der Waals surface area (Å²) in [7, 11) is 0. The number of likely N-dealkylation sites (tertiary alicyclic amines) is 1. The molecule has 1 amide bonds. The minimum Gasteiger partial charge on any atom is -0.357 e. The predicted molar refractivity (Wildman–Crippen MR) is 88.9 cm³/mol. The number of hydrogen-bond donors (Lipinski definition) is 2. The number of rotatable bonds is 2. The maximum atomic E-state index is 12.7. The third-order valence-electron chi connectivity index (χ3n) is 4.43. The standard InChI is InChI=1S/C16H22N4OS/c1-10-19-13(8-22-10)11-6-12(18-7-11)15(21)20-5-4-14(17)16(2,3)9-20/h6-8,14,18H,4-5,9,17H2,1-3H3. The number of nitrogens with two attached hydrogens (primary N) is 1. The van der Waals surface area contributed by atoms with Crippen LogP contribution >= 0.6 is 11.3 Å². The van der Waals surface area contributed by atoms with E-state index in [9.17, 15) is 4.79 Å². The van der Waals surface area contributed by atoms with E-state index in [1.807, 2.05) is 29.5 Å². The average molecular weight is 318 g/mol. The van der Waals surface area contributed by atoms with Crippen molar-refractivity contribution in [1.82, 2.24) is 14.9 Å².